The third kappa shape index (κ3) is 4.91. The number of carbonyl (C=O) groups excluding carboxylic acids is 1. The smallest absolute Gasteiger partial charge is 0.246 e. The van der Waals surface area contributed by atoms with Crippen molar-refractivity contribution in [2.75, 3.05) is 31.8 Å². The van der Waals surface area contributed by atoms with E-state index in [-0.39, 0.29) is 29.6 Å². The predicted octanol–water partition coefficient (Wildman–Crippen LogP) is 3.60. The van der Waals surface area contributed by atoms with E-state index in [1.165, 1.54) is 17.5 Å². The molecule has 0 spiro atoms. The molecule has 9 heteroatoms. The van der Waals surface area contributed by atoms with Crippen molar-refractivity contribution >= 4 is 33.4 Å². The van der Waals surface area contributed by atoms with Crippen molar-refractivity contribution in [3.05, 3.63) is 48.3 Å². The van der Waals surface area contributed by atoms with Gasteiger partial charge in [0.2, 0.25) is 15.9 Å². The molecule has 0 unspecified atom stereocenters. The number of hydrogen-bond acceptors (Lipinski definition) is 5. The Balaban J connectivity index is 1.77. The van der Waals surface area contributed by atoms with Crippen LogP contribution in [0.15, 0.2) is 52.3 Å². The SMILES string of the molecule is COc1ccc(F)cc1S(=O)(=O)N1CCC[C@@H](C(=O)Nc2cccc(SC)c2)C1. The van der Waals surface area contributed by atoms with Gasteiger partial charge in [-0.2, -0.15) is 4.31 Å². The highest BCUT2D eigenvalue weighted by Crippen LogP contribution is 2.31. The number of thioether (sulfide) groups is 1. The number of nitrogens with zero attached hydrogens (tertiary/aromatic N) is 1. The summed E-state index contributed by atoms with van der Waals surface area (Å²) in [5.74, 6) is -1.30. The predicted molar refractivity (Wildman–Crippen MR) is 111 cm³/mol. The van der Waals surface area contributed by atoms with E-state index in [1.54, 1.807) is 17.8 Å². The van der Waals surface area contributed by atoms with Gasteiger partial charge in [-0.05, 0) is 55.5 Å². The Hall–Kier alpha value is -2.10. The lowest BCUT2D eigenvalue weighted by atomic mass is 9.99. The van der Waals surface area contributed by atoms with Crippen LogP contribution in [0.3, 0.4) is 0 Å². The van der Waals surface area contributed by atoms with Gasteiger partial charge in [0.25, 0.3) is 0 Å². The average molecular weight is 439 g/mol. The Labute approximate surface area is 174 Å². The van der Waals surface area contributed by atoms with Crippen molar-refractivity contribution in [2.45, 2.75) is 22.6 Å². The molecule has 1 saturated heterocycles. The fourth-order valence-corrected chi connectivity index (χ4v) is 5.46. The van der Waals surface area contributed by atoms with Crippen molar-refractivity contribution in [3.8, 4) is 5.75 Å². The Kier molecular flexibility index (Phi) is 6.81. The number of carbonyl (C=O) groups is 1. The largest absolute Gasteiger partial charge is 0.495 e. The second kappa shape index (κ2) is 9.15. The molecule has 0 bridgehead atoms. The molecule has 0 radical (unpaired) electrons. The fourth-order valence-electron chi connectivity index (χ4n) is 3.31. The van der Waals surface area contributed by atoms with E-state index in [1.807, 2.05) is 24.5 Å². The number of sulfonamides is 1. The number of ether oxygens (including phenoxy) is 1. The molecule has 1 N–H and O–H groups in total. The molecule has 1 atom stereocenters. The van der Waals surface area contributed by atoms with E-state index < -0.39 is 21.8 Å². The monoisotopic (exact) mass is 438 g/mol. The summed E-state index contributed by atoms with van der Waals surface area (Å²) >= 11 is 1.57. The summed E-state index contributed by atoms with van der Waals surface area (Å²) in [6, 6.07) is 10.9. The Morgan fingerprint density at radius 2 is 2.07 bits per heavy atom. The van der Waals surface area contributed by atoms with Gasteiger partial charge in [0.05, 0.1) is 13.0 Å². The molecule has 1 aliphatic rings. The third-order valence-electron chi connectivity index (χ3n) is 4.84. The number of methoxy groups -OCH3 is 1. The zero-order valence-corrected chi connectivity index (χ0v) is 17.9. The van der Waals surface area contributed by atoms with E-state index in [0.29, 0.717) is 18.5 Å². The molecule has 6 nitrogen and oxygen atoms in total. The number of piperidine rings is 1. The first-order valence-corrected chi connectivity index (χ1v) is 11.8. The molecular formula is C20H23FN2O4S2. The zero-order chi connectivity index (χ0) is 21.0. The highest BCUT2D eigenvalue weighted by atomic mass is 32.2. The number of hydrogen-bond donors (Lipinski definition) is 1. The molecule has 0 saturated carbocycles. The maximum atomic E-state index is 13.7. The molecule has 2 aromatic rings. The van der Waals surface area contributed by atoms with E-state index in [9.17, 15) is 17.6 Å². The van der Waals surface area contributed by atoms with Crippen molar-refractivity contribution in [3.63, 3.8) is 0 Å². The van der Waals surface area contributed by atoms with Gasteiger partial charge in [-0.15, -0.1) is 11.8 Å². The van der Waals surface area contributed by atoms with Gasteiger partial charge in [-0.25, -0.2) is 12.8 Å². The normalized spacial score (nSPS) is 17.7. The Morgan fingerprint density at radius 1 is 1.28 bits per heavy atom. The number of rotatable bonds is 6. The van der Waals surface area contributed by atoms with Crippen LogP contribution in [0.25, 0.3) is 0 Å². The van der Waals surface area contributed by atoms with Gasteiger partial charge in [0.1, 0.15) is 16.5 Å². The number of nitrogens with one attached hydrogen (secondary N) is 1. The van der Waals surface area contributed by atoms with Gasteiger partial charge in [0.15, 0.2) is 0 Å². The Morgan fingerprint density at radius 3 is 2.79 bits per heavy atom. The molecule has 29 heavy (non-hydrogen) atoms. The minimum atomic E-state index is -3.99. The van der Waals surface area contributed by atoms with Gasteiger partial charge in [0, 0.05) is 23.7 Å². The summed E-state index contributed by atoms with van der Waals surface area (Å²) < 4.78 is 46.2. The topological polar surface area (TPSA) is 75.7 Å². The summed E-state index contributed by atoms with van der Waals surface area (Å²) in [4.78, 5) is 13.5. The van der Waals surface area contributed by atoms with Crippen LogP contribution >= 0.6 is 11.8 Å². The number of benzene rings is 2. The van der Waals surface area contributed by atoms with E-state index >= 15 is 0 Å². The van der Waals surface area contributed by atoms with Gasteiger partial charge in [-0.3, -0.25) is 4.79 Å². The first-order valence-electron chi connectivity index (χ1n) is 9.13. The van der Waals surface area contributed by atoms with Crippen LogP contribution in [-0.4, -0.2) is 45.1 Å². The van der Waals surface area contributed by atoms with Crippen molar-refractivity contribution < 1.29 is 22.3 Å². The highest BCUT2D eigenvalue weighted by molar-refractivity contribution is 7.98. The molecule has 1 fully saturated rings. The summed E-state index contributed by atoms with van der Waals surface area (Å²) in [7, 11) is -2.66. The quantitative estimate of drug-likeness (QED) is 0.698. The fraction of sp³-hybridized carbons (Fsp3) is 0.350. The molecule has 3 rings (SSSR count). The molecular weight excluding hydrogens is 415 g/mol. The van der Waals surface area contributed by atoms with Gasteiger partial charge >= 0.3 is 0 Å². The number of anilines is 1. The first kappa shape index (κ1) is 21.6. The summed E-state index contributed by atoms with van der Waals surface area (Å²) in [6.45, 7) is 0.309. The molecule has 0 aromatic heterocycles. The standard InChI is InChI=1S/C20H23FN2O4S2/c1-27-18-9-8-15(21)11-19(18)29(25,26)23-10-4-5-14(13-23)20(24)22-16-6-3-7-17(12-16)28-2/h3,6-9,11-12,14H,4-5,10,13H2,1-2H3,(H,22,24)/t14-/m1/s1. The summed E-state index contributed by atoms with van der Waals surface area (Å²) in [5.41, 5.74) is 0.675. The van der Waals surface area contributed by atoms with Crippen LogP contribution in [0.4, 0.5) is 10.1 Å². The van der Waals surface area contributed by atoms with Crippen molar-refractivity contribution in [1.29, 1.82) is 0 Å². The van der Waals surface area contributed by atoms with Crippen LogP contribution in [0.1, 0.15) is 12.8 Å². The second-order valence-corrected chi connectivity index (χ2v) is 9.50. The zero-order valence-electron chi connectivity index (χ0n) is 16.2. The lowest BCUT2D eigenvalue weighted by Gasteiger charge is -2.31. The maximum absolute atomic E-state index is 13.7. The second-order valence-electron chi connectivity index (χ2n) is 6.72. The van der Waals surface area contributed by atoms with Crippen LogP contribution in [0, 0.1) is 11.7 Å². The third-order valence-corrected chi connectivity index (χ3v) is 7.45. The molecule has 1 heterocycles. The minimum absolute atomic E-state index is 0.0378. The van der Waals surface area contributed by atoms with E-state index in [0.717, 1.165) is 17.0 Å². The van der Waals surface area contributed by atoms with Gasteiger partial charge < -0.3 is 10.1 Å². The summed E-state index contributed by atoms with van der Waals surface area (Å²) in [5, 5.41) is 2.87. The lowest BCUT2D eigenvalue weighted by molar-refractivity contribution is -0.120. The van der Waals surface area contributed by atoms with E-state index in [4.69, 9.17) is 4.74 Å². The van der Waals surface area contributed by atoms with E-state index in [2.05, 4.69) is 5.32 Å². The highest BCUT2D eigenvalue weighted by Gasteiger charge is 2.35. The van der Waals surface area contributed by atoms with Crippen LogP contribution in [-0.2, 0) is 14.8 Å². The Bertz CT molecular complexity index is 998. The van der Waals surface area contributed by atoms with Crippen molar-refractivity contribution in [1.82, 2.24) is 4.31 Å². The molecule has 1 amide bonds. The summed E-state index contributed by atoms with van der Waals surface area (Å²) in [6.07, 6.45) is 3.08. The minimum Gasteiger partial charge on any atom is -0.495 e. The molecule has 0 aliphatic carbocycles. The van der Waals surface area contributed by atoms with Crippen LogP contribution in [0.5, 0.6) is 5.75 Å². The first-order chi connectivity index (χ1) is 13.8. The van der Waals surface area contributed by atoms with Gasteiger partial charge in [-0.1, -0.05) is 6.07 Å². The molecule has 156 valence electrons. The number of amides is 1. The van der Waals surface area contributed by atoms with Crippen molar-refractivity contribution in [2.24, 2.45) is 5.92 Å². The molecule has 1 aliphatic heterocycles. The lowest BCUT2D eigenvalue weighted by Crippen LogP contribution is -2.43. The average Bonchev–Trinajstić information content (AvgIpc) is 2.74. The van der Waals surface area contributed by atoms with Crippen LogP contribution < -0.4 is 10.1 Å². The van der Waals surface area contributed by atoms with Crippen LogP contribution in [0.2, 0.25) is 0 Å². The molecule has 2 aromatic carbocycles. The number of halogens is 1. The maximum Gasteiger partial charge on any atom is 0.246 e.